The van der Waals surface area contributed by atoms with E-state index in [1.54, 1.807) is 24.3 Å². The Bertz CT molecular complexity index is 926. The Labute approximate surface area is 181 Å². The number of imide groups is 1. The van der Waals surface area contributed by atoms with E-state index >= 15 is 0 Å². The van der Waals surface area contributed by atoms with Crippen molar-refractivity contribution in [2.45, 2.75) is 52.6 Å². The zero-order chi connectivity index (χ0) is 22.6. The maximum atomic E-state index is 13.7. The minimum absolute atomic E-state index is 0.150. The van der Waals surface area contributed by atoms with E-state index in [1.165, 1.54) is 6.42 Å². The van der Waals surface area contributed by atoms with Gasteiger partial charge in [-0.3, -0.25) is 10.1 Å². The highest BCUT2D eigenvalue weighted by Crippen LogP contribution is 2.43. The molecular formula is C24H28F2N2O3. The van der Waals surface area contributed by atoms with E-state index in [0.717, 1.165) is 37.5 Å². The molecule has 3 rings (SSSR count). The summed E-state index contributed by atoms with van der Waals surface area (Å²) in [5, 5.41) is 4.40. The summed E-state index contributed by atoms with van der Waals surface area (Å²) in [7, 11) is 0. The van der Waals surface area contributed by atoms with Crippen molar-refractivity contribution in [1.29, 1.82) is 0 Å². The third-order valence-electron chi connectivity index (χ3n) is 6.19. The van der Waals surface area contributed by atoms with Crippen LogP contribution in [0.4, 0.5) is 19.3 Å². The van der Waals surface area contributed by atoms with E-state index in [2.05, 4.69) is 26.1 Å². The molecule has 0 saturated heterocycles. The lowest BCUT2D eigenvalue weighted by atomic mass is 9.67. The van der Waals surface area contributed by atoms with E-state index in [4.69, 9.17) is 4.74 Å². The lowest BCUT2D eigenvalue weighted by molar-refractivity contribution is 0.0443. The normalized spacial score (nSPS) is 20.9. The molecule has 0 bridgehead atoms. The van der Waals surface area contributed by atoms with Gasteiger partial charge in [0.05, 0.1) is 6.10 Å². The van der Waals surface area contributed by atoms with Crippen molar-refractivity contribution in [3.63, 3.8) is 0 Å². The first-order valence-corrected chi connectivity index (χ1v) is 10.5. The topological polar surface area (TPSA) is 67.4 Å². The lowest BCUT2D eigenvalue weighted by Crippen LogP contribution is -2.36. The number of hydrogen-bond donors (Lipinski definition) is 2. The van der Waals surface area contributed by atoms with Crippen molar-refractivity contribution < 1.29 is 23.1 Å². The van der Waals surface area contributed by atoms with E-state index in [0.29, 0.717) is 17.4 Å². The third kappa shape index (κ3) is 5.60. The number of carbonyl (C=O) groups is 2. The van der Waals surface area contributed by atoms with Gasteiger partial charge in [0.2, 0.25) is 0 Å². The average molecular weight is 430 g/mol. The molecule has 0 aromatic heterocycles. The van der Waals surface area contributed by atoms with Crippen LogP contribution in [0.5, 0.6) is 5.75 Å². The van der Waals surface area contributed by atoms with Gasteiger partial charge in [-0.15, -0.1) is 0 Å². The second kappa shape index (κ2) is 9.45. The van der Waals surface area contributed by atoms with Gasteiger partial charge >= 0.3 is 6.03 Å². The van der Waals surface area contributed by atoms with Crippen molar-refractivity contribution in [1.82, 2.24) is 5.32 Å². The zero-order valence-electron chi connectivity index (χ0n) is 18.0. The highest BCUT2D eigenvalue weighted by atomic mass is 19.1. The number of rotatable bonds is 5. The molecule has 0 radical (unpaired) electrons. The second-order valence-electron chi connectivity index (χ2n) is 8.67. The van der Waals surface area contributed by atoms with Gasteiger partial charge in [0.25, 0.3) is 5.91 Å². The molecule has 1 aliphatic rings. The molecule has 3 amide bonds. The number of ether oxygens (including phenoxy) is 1. The smallest absolute Gasteiger partial charge is 0.326 e. The van der Waals surface area contributed by atoms with Crippen molar-refractivity contribution in [3.05, 3.63) is 59.7 Å². The molecule has 166 valence electrons. The number of hydrogen-bond acceptors (Lipinski definition) is 3. The number of nitrogens with one attached hydrogen (secondary N) is 2. The van der Waals surface area contributed by atoms with Crippen LogP contribution < -0.4 is 15.4 Å². The standard InChI is InChI=1S/C24H28F2N2O3/c1-15(2)24(3)13-5-6-18(14-24)31-17-11-9-16(10-12-17)27-23(30)28-22(29)21-19(25)7-4-8-20(21)26/h4,7-12,15,18H,5-6,13-14H2,1-3H3,(H2,27,28,29,30). The van der Waals surface area contributed by atoms with E-state index in [9.17, 15) is 18.4 Å². The highest BCUT2D eigenvalue weighted by molar-refractivity contribution is 6.08. The molecular weight excluding hydrogens is 402 g/mol. The molecule has 0 aliphatic heterocycles. The molecule has 1 saturated carbocycles. The number of halogens is 2. The Morgan fingerprint density at radius 2 is 1.74 bits per heavy atom. The Morgan fingerprint density at radius 3 is 2.35 bits per heavy atom. The van der Waals surface area contributed by atoms with Crippen LogP contribution in [0.3, 0.4) is 0 Å². The Morgan fingerprint density at radius 1 is 1.10 bits per heavy atom. The SMILES string of the molecule is CC(C)C1(C)CCCC(Oc2ccc(NC(=O)NC(=O)c3c(F)cccc3F)cc2)C1. The van der Waals surface area contributed by atoms with E-state index in [1.807, 2.05) is 5.32 Å². The minimum atomic E-state index is -1.15. The van der Waals surface area contributed by atoms with Crippen molar-refractivity contribution in [2.75, 3.05) is 5.32 Å². The third-order valence-corrected chi connectivity index (χ3v) is 6.19. The van der Waals surface area contributed by atoms with Gasteiger partial charge in [-0.2, -0.15) is 0 Å². The van der Waals surface area contributed by atoms with Crippen LogP contribution in [-0.2, 0) is 0 Å². The van der Waals surface area contributed by atoms with Gasteiger partial charge in [-0.1, -0.05) is 26.8 Å². The summed E-state index contributed by atoms with van der Waals surface area (Å²) in [6.45, 7) is 6.81. The van der Waals surface area contributed by atoms with Gasteiger partial charge in [0.1, 0.15) is 22.9 Å². The van der Waals surface area contributed by atoms with Crippen LogP contribution in [0.25, 0.3) is 0 Å². The minimum Gasteiger partial charge on any atom is -0.490 e. The fourth-order valence-corrected chi connectivity index (χ4v) is 3.93. The van der Waals surface area contributed by atoms with Crippen LogP contribution in [0, 0.1) is 23.0 Å². The summed E-state index contributed by atoms with van der Waals surface area (Å²) in [5.74, 6) is -1.94. The Balaban J connectivity index is 1.55. The molecule has 0 spiro atoms. The highest BCUT2D eigenvalue weighted by Gasteiger charge is 2.35. The van der Waals surface area contributed by atoms with Crippen LogP contribution in [0.1, 0.15) is 56.8 Å². The maximum absolute atomic E-state index is 13.7. The maximum Gasteiger partial charge on any atom is 0.326 e. The van der Waals surface area contributed by atoms with Crippen LogP contribution in [0.15, 0.2) is 42.5 Å². The van der Waals surface area contributed by atoms with Crippen molar-refractivity contribution >= 4 is 17.6 Å². The lowest BCUT2D eigenvalue weighted by Gasteiger charge is -2.41. The van der Waals surface area contributed by atoms with Crippen LogP contribution in [0.2, 0.25) is 0 Å². The molecule has 2 aromatic carbocycles. The molecule has 5 nitrogen and oxygen atoms in total. The average Bonchev–Trinajstić information content (AvgIpc) is 2.69. The predicted octanol–water partition coefficient (Wildman–Crippen LogP) is 5.91. The van der Waals surface area contributed by atoms with Gasteiger partial charge in [-0.25, -0.2) is 13.6 Å². The summed E-state index contributed by atoms with van der Waals surface area (Å²) >= 11 is 0. The number of urea groups is 1. The molecule has 2 unspecified atom stereocenters. The van der Waals surface area contributed by atoms with E-state index in [-0.39, 0.29) is 11.5 Å². The quantitative estimate of drug-likeness (QED) is 0.620. The van der Waals surface area contributed by atoms with E-state index < -0.39 is 29.1 Å². The number of anilines is 1. The Hall–Kier alpha value is -2.96. The first-order valence-electron chi connectivity index (χ1n) is 10.5. The molecule has 2 aromatic rings. The summed E-state index contributed by atoms with van der Waals surface area (Å²) in [4.78, 5) is 24.0. The predicted molar refractivity (Wildman–Crippen MR) is 115 cm³/mol. The van der Waals surface area contributed by atoms with Crippen molar-refractivity contribution in [3.8, 4) is 5.75 Å². The first-order chi connectivity index (χ1) is 14.7. The second-order valence-corrected chi connectivity index (χ2v) is 8.67. The van der Waals surface area contributed by atoms with Gasteiger partial charge in [0, 0.05) is 5.69 Å². The van der Waals surface area contributed by atoms with Gasteiger partial charge < -0.3 is 10.1 Å². The fourth-order valence-electron chi connectivity index (χ4n) is 3.93. The number of amides is 3. The molecule has 1 fully saturated rings. The first kappa shape index (κ1) is 22.7. The molecule has 7 heteroatoms. The molecule has 31 heavy (non-hydrogen) atoms. The summed E-state index contributed by atoms with van der Waals surface area (Å²) in [6.07, 6.45) is 4.51. The number of benzene rings is 2. The fraction of sp³-hybridized carbons (Fsp3) is 0.417. The van der Waals surface area contributed by atoms with Crippen molar-refractivity contribution in [2.24, 2.45) is 11.3 Å². The summed E-state index contributed by atoms with van der Waals surface area (Å²) in [5.41, 5.74) is -0.114. The van der Waals surface area contributed by atoms with Crippen LogP contribution >= 0.6 is 0 Å². The van der Waals surface area contributed by atoms with Gasteiger partial charge in [-0.05, 0) is 73.4 Å². The largest absolute Gasteiger partial charge is 0.490 e. The molecule has 1 aliphatic carbocycles. The molecule has 2 N–H and O–H groups in total. The number of carbonyl (C=O) groups excluding carboxylic acids is 2. The Kier molecular flexibility index (Phi) is 6.93. The summed E-state index contributed by atoms with van der Waals surface area (Å²) in [6, 6.07) is 8.93. The molecule has 0 heterocycles. The summed E-state index contributed by atoms with van der Waals surface area (Å²) < 4.78 is 33.5. The molecule has 2 atom stereocenters. The zero-order valence-corrected chi connectivity index (χ0v) is 18.0. The monoisotopic (exact) mass is 430 g/mol. The van der Waals surface area contributed by atoms with Gasteiger partial charge in [0.15, 0.2) is 0 Å². The van der Waals surface area contributed by atoms with Crippen LogP contribution in [-0.4, -0.2) is 18.0 Å².